The number of pyridine rings is 1. The predicted molar refractivity (Wildman–Crippen MR) is 124 cm³/mol. The second-order valence-electron chi connectivity index (χ2n) is 8.01. The molecule has 1 N–H and O–H groups in total. The number of nitrogens with one attached hydrogen (secondary N) is 1. The lowest BCUT2D eigenvalue weighted by atomic mass is 9.96. The number of aromatic nitrogens is 1. The Morgan fingerprint density at radius 3 is 2.41 bits per heavy atom. The van der Waals surface area contributed by atoms with Gasteiger partial charge in [-0.15, -0.1) is 0 Å². The van der Waals surface area contributed by atoms with Crippen molar-refractivity contribution in [1.29, 1.82) is 0 Å². The van der Waals surface area contributed by atoms with Crippen LogP contribution in [0, 0.1) is 5.92 Å². The fourth-order valence-electron chi connectivity index (χ4n) is 4.25. The third-order valence-corrected chi connectivity index (χ3v) is 7.21. The molecule has 1 fully saturated rings. The van der Waals surface area contributed by atoms with Gasteiger partial charge in [0, 0.05) is 17.4 Å². The number of carbonyl (C=O) groups is 2. The van der Waals surface area contributed by atoms with Crippen molar-refractivity contribution in [2.45, 2.75) is 12.8 Å². The average molecular weight is 445 g/mol. The molecule has 4 aromatic rings. The standard InChI is InChI=1S/C25H20N2O4S/c28-23(14-12-18-15-32(30,31)27-25(18)29)22-13-11-17-7-4-10-21(24(17)26-22)20-9-3-6-16-5-1-2-8-19(16)20/h1-11,13,18H,12,14-15H2,(H,27,29). The number of benzene rings is 3. The molecule has 3 aromatic carbocycles. The molecule has 0 saturated carbocycles. The third kappa shape index (κ3) is 3.76. The summed E-state index contributed by atoms with van der Waals surface area (Å²) in [7, 11) is -3.57. The second-order valence-corrected chi connectivity index (χ2v) is 9.77. The molecule has 32 heavy (non-hydrogen) atoms. The van der Waals surface area contributed by atoms with Gasteiger partial charge in [-0.25, -0.2) is 13.4 Å². The molecular formula is C25H20N2O4S. The second kappa shape index (κ2) is 7.84. The zero-order valence-electron chi connectivity index (χ0n) is 17.1. The van der Waals surface area contributed by atoms with E-state index < -0.39 is 21.8 Å². The van der Waals surface area contributed by atoms with E-state index in [1.807, 2.05) is 53.3 Å². The highest BCUT2D eigenvalue weighted by atomic mass is 32.2. The van der Waals surface area contributed by atoms with Gasteiger partial charge in [0.2, 0.25) is 15.9 Å². The number of para-hydroxylation sites is 1. The summed E-state index contributed by atoms with van der Waals surface area (Å²) in [5.41, 5.74) is 3.02. The normalized spacial score (nSPS) is 17.5. The Morgan fingerprint density at radius 2 is 1.62 bits per heavy atom. The number of ketones is 1. The molecule has 0 bridgehead atoms. The van der Waals surface area contributed by atoms with E-state index in [2.05, 4.69) is 23.2 Å². The summed E-state index contributed by atoms with van der Waals surface area (Å²) in [6, 6.07) is 23.7. The molecule has 0 spiro atoms. The fraction of sp³-hybridized carbons (Fsp3) is 0.160. The summed E-state index contributed by atoms with van der Waals surface area (Å²) in [5, 5.41) is 3.15. The lowest BCUT2D eigenvalue weighted by Gasteiger charge is -2.11. The maximum atomic E-state index is 12.8. The van der Waals surface area contributed by atoms with Gasteiger partial charge in [0.1, 0.15) is 5.69 Å². The minimum Gasteiger partial charge on any atom is -0.292 e. The van der Waals surface area contributed by atoms with E-state index in [1.54, 1.807) is 6.07 Å². The van der Waals surface area contributed by atoms with E-state index in [9.17, 15) is 18.0 Å². The van der Waals surface area contributed by atoms with Crippen molar-refractivity contribution >= 4 is 43.4 Å². The molecule has 1 saturated heterocycles. The van der Waals surface area contributed by atoms with E-state index in [0.29, 0.717) is 5.69 Å². The van der Waals surface area contributed by atoms with Crippen LogP contribution in [-0.2, 0) is 14.8 Å². The SMILES string of the molecule is O=C(CCC1CS(=O)(=O)NC1=O)c1ccc2cccc(-c3cccc4ccccc34)c2n1. The van der Waals surface area contributed by atoms with Crippen LogP contribution in [0.1, 0.15) is 23.3 Å². The number of hydrogen-bond acceptors (Lipinski definition) is 5. The predicted octanol–water partition coefficient (Wildman–Crippen LogP) is 4.09. The summed E-state index contributed by atoms with van der Waals surface area (Å²) >= 11 is 0. The molecule has 2 heterocycles. The quantitative estimate of drug-likeness (QED) is 0.468. The van der Waals surface area contributed by atoms with E-state index >= 15 is 0 Å². The summed E-state index contributed by atoms with van der Waals surface area (Å²) < 4.78 is 25.1. The molecule has 1 aliphatic heterocycles. The molecule has 0 aliphatic carbocycles. The Morgan fingerprint density at radius 1 is 0.906 bits per heavy atom. The van der Waals surface area contributed by atoms with Crippen molar-refractivity contribution < 1.29 is 18.0 Å². The Balaban J connectivity index is 1.49. The van der Waals surface area contributed by atoms with Crippen molar-refractivity contribution in [3.05, 3.63) is 78.5 Å². The van der Waals surface area contributed by atoms with Crippen LogP contribution in [0.5, 0.6) is 0 Å². The Kier molecular flexibility index (Phi) is 4.98. The van der Waals surface area contributed by atoms with Crippen molar-refractivity contribution in [2.24, 2.45) is 5.92 Å². The van der Waals surface area contributed by atoms with Crippen molar-refractivity contribution in [2.75, 3.05) is 5.75 Å². The smallest absolute Gasteiger partial charge is 0.237 e. The highest BCUT2D eigenvalue weighted by molar-refractivity contribution is 7.90. The minimum absolute atomic E-state index is 0.0581. The fourth-order valence-corrected chi connectivity index (χ4v) is 5.65. The lowest BCUT2D eigenvalue weighted by Crippen LogP contribution is -2.22. The zero-order valence-corrected chi connectivity index (χ0v) is 17.9. The number of carbonyl (C=O) groups excluding carboxylic acids is 2. The average Bonchev–Trinajstić information content (AvgIpc) is 3.07. The topological polar surface area (TPSA) is 93.2 Å². The van der Waals surface area contributed by atoms with Gasteiger partial charge < -0.3 is 0 Å². The first kappa shape index (κ1) is 20.3. The first-order chi connectivity index (χ1) is 15.4. The number of nitrogens with zero attached hydrogens (tertiary/aromatic N) is 1. The van der Waals surface area contributed by atoms with Crippen LogP contribution >= 0.6 is 0 Å². The van der Waals surface area contributed by atoms with Gasteiger partial charge in [-0.1, -0.05) is 66.7 Å². The van der Waals surface area contributed by atoms with Gasteiger partial charge in [-0.05, 0) is 28.8 Å². The summed E-state index contributed by atoms with van der Waals surface area (Å²) in [6.45, 7) is 0. The summed E-state index contributed by atoms with van der Waals surface area (Å²) in [6.07, 6.45) is 0.233. The van der Waals surface area contributed by atoms with Crippen molar-refractivity contribution in [3.8, 4) is 11.1 Å². The molecule has 1 unspecified atom stereocenters. The van der Waals surface area contributed by atoms with Gasteiger partial charge in [0.05, 0.1) is 17.2 Å². The van der Waals surface area contributed by atoms with Crippen molar-refractivity contribution in [3.63, 3.8) is 0 Å². The Hall–Kier alpha value is -3.58. The minimum atomic E-state index is -3.57. The van der Waals surface area contributed by atoms with Crippen LogP contribution in [0.3, 0.4) is 0 Å². The number of hydrogen-bond donors (Lipinski definition) is 1. The van der Waals surface area contributed by atoms with Gasteiger partial charge in [0.25, 0.3) is 0 Å². The molecule has 1 amide bonds. The van der Waals surface area contributed by atoms with E-state index in [-0.39, 0.29) is 24.4 Å². The first-order valence-corrected chi connectivity index (χ1v) is 12.0. The highest BCUT2D eigenvalue weighted by Gasteiger charge is 2.35. The monoisotopic (exact) mass is 444 g/mol. The highest BCUT2D eigenvalue weighted by Crippen LogP contribution is 2.33. The van der Waals surface area contributed by atoms with Crippen LogP contribution in [-0.4, -0.2) is 30.8 Å². The molecule has 1 atom stereocenters. The van der Waals surface area contributed by atoms with Gasteiger partial charge in [0.15, 0.2) is 5.78 Å². The van der Waals surface area contributed by atoms with Crippen molar-refractivity contribution in [1.82, 2.24) is 9.71 Å². The number of rotatable bonds is 5. The van der Waals surface area contributed by atoms with Gasteiger partial charge in [-0.2, -0.15) is 0 Å². The summed E-state index contributed by atoms with van der Waals surface area (Å²) in [5.74, 6) is -1.72. The lowest BCUT2D eigenvalue weighted by molar-refractivity contribution is -0.121. The van der Waals surface area contributed by atoms with Gasteiger partial charge in [-0.3, -0.25) is 14.3 Å². The number of fused-ring (bicyclic) bond motifs is 2. The van der Waals surface area contributed by atoms with E-state index in [0.717, 1.165) is 32.8 Å². The molecular weight excluding hydrogens is 424 g/mol. The molecule has 1 aliphatic rings. The van der Waals surface area contributed by atoms with Crippen LogP contribution in [0.25, 0.3) is 32.8 Å². The molecule has 6 nitrogen and oxygen atoms in total. The molecule has 7 heteroatoms. The summed E-state index contributed by atoms with van der Waals surface area (Å²) in [4.78, 5) is 29.3. The maximum Gasteiger partial charge on any atom is 0.237 e. The van der Waals surface area contributed by atoms with E-state index in [4.69, 9.17) is 0 Å². The number of sulfonamides is 1. The maximum absolute atomic E-state index is 12.8. The number of Topliss-reactive ketones (excluding diaryl/α,β-unsaturated/α-hetero) is 1. The molecule has 0 radical (unpaired) electrons. The molecule has 1 aromatic heterocycles. The zero-order chi connectivity index (χ0) is 22.3. The largest absolute Gasteiger partial charge is 0.292 e. The molecule has 160 valence electrons. The Bertz CT molecular complexity index is 1490. The van der Waals surface area contributed by atoms with E-state index in [1.165, 1.54) is 0 Å². The van der Waals surface area contributed by atoms with Crippen LogP contribution in [0.15, 0.2) is 72.8 Å². The number of amides is 1. The Labute approximate surface area is 185 Å². The van der Waals surface area contributed by atoms with Crippen LogP contribution < -0.4 is 4.72 Å². The van der Waals surface area contributed by atoms with Crippen LogP contribution in [0.4, 0.5) is 0 Å². The third-order valence-electron chi connectivity index (χ3n) is 5.85. The van der Waals surface area contributed by atoms with Gasteiger partial charge >= 0.3 is 0 Å². The molecule has 5 rings (SSSR count). The van der Waals surface area contributed by atoms with Crippen LogP contribution in [0.2, 0.25) is 0 Å². The first-order valence-electron chi connectivity index (χ1n) is 10.4.